The first kappa shape index (κ1) is 22.2. The van der Waals surface area contributed by atoms with Crippen LogP contribution in [0.25, 0.3) is 11.1 Å². The molecule has 0 bridgehead atoms. The molecule has 3 aromatic carbocycles. The number of carbonyl (C=O) groups is 1. The molecule has 0 amide bonds. The summed E-state index contributed by atoms with van der Waals surface area (Å²) in [6.45, 7) is 3.01. The van der Waals surface area contributed by atoms with Gasteiger partial charge >= 0.3 is 5.97 Å². The highest BCUT2D eigenvalue weighted by Gasteiger charge is 2.20. The van der Waals surface area contributed by atoms with Gasteiger partial charge in [-0.2, -0.15) is 4.98 Å². The second-order valence-corrected chi connectivity index (χ2v) is 7.84. The van der Waals surface area contributed by atoms with Crippen molar-refractivity contribution in [2.24, 2.45) is 0 Å². The molecule has 4 aromatic rings. The molecule has 1 aromatic heterocycles. The molecule has 0 radical (unpaired) electrons. The molecule has 0 aliphatic rings. The van der Waals surface area contributed by atoms with E-state index in [-0.39, 0.29) is 6.42 Å². The van der Waals surface area contributed by atoms with Crippen LogP contribution in [0.4, 0.5) is 6.01 Å². The number of para-hydroxylation sites is 2. The van der Waals surface area contributed by atoms with Gasteiger partial charge in [-0.3, -0.25) is 0 Å². The molecule has 4 rings (SSSR count). The number of nitrogens with zero attached hydrogens (tertiary/aromatic N) is 2. The van der Waals surface area contributed by atoms with Crippen LogP contribution in [-0.4, -0.2) is 42.4 Å². The molecule has 0 spiro atoms. The SMILES string of the molecule is Cc1ccc(OC(Cc2ccc(OCCN(C)c3nc4ccccc4o3)cc2)C(=O)O)cc1. The summed E-state index contributed by atoms with van der Waals surface area (Å²) in [6.07, 6.45) is -0.714. The zero-order chi connectivity index (χ0) is 23.2. The Morgan fingerprint density at radius 2 is 1.73 bits per heavy atom. The van der Waals surface area contributed by atoms with E-state index in [1.54, 1.807) is 12.1 Å². The molecule has 7 nitrogen and oxygen atoms in total. The van der Waals surface area contributed by atoms with E-state index in [4.69, 9.17) is 13.9 Å². The van der Waals surface area contributed by atoms with Crippen molar-refractivity contribution in [3.63, 3.8) is 0 Å². The van der Waals surface area contributed by atoms with Crippen LogP contribution in [0.5, 0.6) is 11.5 Å². The Kier molecular flexibility index (Phi) is 6.78. The van der Waals surface area contributed by atoms with Gasteiger partial charge in [-0.05, 0) is 48.9 Å². The quantitative estimate of drug-likeness (QED) is 0.377. The zero-order valence-electron chi connectivity index (χ0n) is 18.6. The Labute approximate surface area is 192 Å². The number of rotatable bonds is 10. The minimum Gasteiger partial charge on any atom is -0.492 e. The number of carboxylic acids is 1. The van der Waals surface area contributed by atoms with Crippen molar-refractivity contribution in [1.82, 2.24) is 4.98 Å². The predicted molar refractivity (Wildman–Crippen MR) is 126 cm³/mol. The Morgan fingerprint density at radius 3 is 2.42 bits per heavy atom. The number of hydrogen-bond donors (Lipinski definition) is 1. The normalized spacial score (nSPS) is 11.8. The summed E-state index contributed by atoms with van der Waals surface area (Å²) in [7, 11) is 1.90. The fourth-order valence-electron chi connectivity index (χ4n) is 3.32. The van der Waals surface area contributed by atoms with Crippen molar-refractivity contribution in [2.75, 3.05) is 25.1 Å². The Hall–Kier alpha value is -4.00. The maximum atomic E-state index is 11.7. The molecular weight excluding hydrogens is 420 g/mol. The Bertz CT molecular complexity index is 1170. The van der Waals surface area contributed by atoms with E-state index < -0.39 is 12.1 Å². The van der Waals surface area contributed by atoms with Crippen molar-refractivity contribution in [2.45, 2.75) is 19.4 Å². The number of ether oxygens (including phenoxy) is 2. The first-order valence-corrected chi connectivity index (χ1v) is 10.7. The highest BCUT2D eigenvalue weighted by molar-refractivity contribution is 5.74. The van der Waals surface area contributed by atoms with Gasteiger partial charge < -0.3 is 23.9 Å². The van der Waals surface area contributed by atoms with Crippen LogP contribution < -0.4 is 14.4 Å². The molecule has 0 fully saturated rings. The number of anilines is 1. The maximum Gasteiger partial charge on any atom is 0.345 e. The molecule has 33 heavy (non-hydrogen) atoms. The first-order valence-electron chi connectivity index (χ1n) is 10.7. The number of aliphatic carboxylic acids is 1. The first-order chi connectivity index (χ1) is 16.0. The van der Waals surface area contributed by atoms with Gasteiger partial charge in [0, 0.05) is 13.5 Å². The lowest BCUT2D eigenvalue weighted by Crippen LogP contribution is -2.29. The van der Waals surface area contributed by atoms with Crippen LogP contribution in [0, 0.1) is 6.92 Å². The zero-order valence-corrected chi connectivity index (χ0v) is 18.6. The summed E-state index contributed by atoms with van der Waals surface area (Å²) in [5.41, 5.74) is 3.51. The van der Waals surface area contributed by atoms with Crippen molar-refractivity contribution in [1.29, 1.82) is 0 Å². The van der Waals surface area contributed by atoms with Gasteiger partial charge in [0.1, 0.15) is 23.6 Å². The summed E-state index contributed by atoms with van der Waals surface area (Å²) in [4.78, 5) is 18.0. The number of hydrogen-bond acceptors (Lipinski definition) is 6. The van der Waals surface area contributed by atoms with Crippen molar-refractivity contribution >= 4 is 23.1 Å². The molecule has 0 aliphatic heterocycles. The van der Waals surface area contributed by atoms with Crippen LogP contribution in [0.15, 0.2) is 77.2 Å². The number of fused-ring (bicyclic) bond motifs is 1. The standard InChI is InChI=1S/C26H26N2O5/c1-18-7-11-21(12-8-18)32-24(25(29)30)17-19-9-13-20(14-10-19)31-16-15-28(2)26-27-22-5-3-4-6-23(22)33-26/h3-14,24H,15-17H2,1-2H3,(H,29,30). The molecular formula is C26H26N2O5. The van der Waals surface area contributed by atoms with Crippen molar-refractivity contribution in [3.05, 3.63) is 83.9 Å². The van der Waals surface area contributed by atoms with Gasteiger partial charge in [0.05, 0.1) is 6.54 Å². The third-order valence-electron chi connectivity index (χ3n) is 5.22. The van der Waals surface area contributed by atoms with E-state index in [0.29, 0.717) is 30.7 Å². The molecule has 7 heteroatoms. The van der Waals surface area contributed by atoms with E-state index in [9.17, 15) is 9.90 Å². The van der Waals surface area contributed by atoms with Crippen molar-refractivity contribution < 1.29 is 23.8 Å². The van der Waals surface area contributed by atoms with Crippen LogP contribution in [0.1, 0.15) is 11.1 Å². The van der Waals surface area contributed by atoms with E-state index in [1.807, 2.05) is 79.5 Å². The van der Waals surface area contributed by atoms with E-state index in [0.717, 1.165) is 22.2 Å². The summed E-state index contributed by atoms with van der Waals surface area (Å²) in [6, 6.07) is 22.9. The summed E-state index contributed by atoms with van der Waals surface area (Å²) in [5, 5.41) is 9.55. The second kappa shape index (κ2) is 10.1. The Balaban J connectivity index is 1.29. The van der Waals surface area contributed by atoms with Crippen LogP contribution in [0.3, 0.4) is 0 Å². The number of aromatic nitrogens is 1. The number of aryl methyl sites for hydroxylation is 1. The van der Waals surface area contributed by atoms with Crippen LogP contribution in [0.2, 0.25) is 0 Å². The average molecular weight is 447 g/mol. The van der Waals surface area contributed by atoms with E-state index >= 15 is 0 Å². The number of carboxylic acid groups (broad SMARTS) is 1. The average Bonchev–Trinajstić information content (AvgIpc) is 3.25. The number of benzene rings is 3. The fourth-order valence-corrected chi connectivity index (χ4v) is 3.32. The summed E-state index contributed by atoms with van der Waals surface area (Å²) < 4.78 is 17.2. The third kappa shape index (κ3) is 5.83. The number of oxazole rings is 1. The summed E-state index contributed by atoms with van der Waals surface area (Å²) in [5.74, 6) is 0.241. The van der Waals surface area contributed by atoms with Gasteiger partial charge in [0.25, 0.3) is 6.01 Å². The van der Waals surface area contributed by atoms with Gasteiger partial charge in [0.15, 0.2) is 11.7 Å². The monoisotopic (exact) mass is 446 g/mol. The van der Waals surface area contributed by atoms with Crippen molar-refractivity contribution in [3.8, 4) is 11.5 Å². The lowest BCUT2D eigenvalue weighted by Gasteiger charge is -2.16. The molecule has 0 saturated carbocycles. The van der Waals surface area contributed by atoms with Gasteiger partial charge in [-0.25, -0.2) is 4.79 Å². The topological polar surface area (TPSA) is 85.0 Å². The molecule has 1 unspecified atom stereocenters. The molecule has 170 valence electrons. The molecule has 1 heterocycles. The molecule has 1 atom stereocenters. The van der Waals surface area contributed by atoms with E-state index in [2.05, 4.69) is 4.98 Å². The highest BCUT2D eigenvalue weighted by atomic mass is 16.5. The minimum absolute atomic E-state index is 0.254. The van der Waals surface area contributed by atoms with Gasteiger partial charge in [0.2, 0.25) is 0 Å². The van der Waals surface area contributed by atoms with E-state index in [1.165, 1.54) is 0 Å². The van der Waals surface area contributed by atoms with Crippen LogP contribution in [-0.2, 0) is 11.2 Å². The minimum atomic E-state index is -1.00. The largest absolute Gasteiger partial charge is 0.492 e. The maximum absolute atomic E-state index is 11.7. The smallest absolute Gasteiger partial charge is 0.345 e. The molecule has 0 aliphatic carbocycles. The second-order valence-electron chi connectivity index (χ2n) is 7.84. The highest BCUT2D eigenvalue weighted by Crippen LogP contribution is 2.21. The third-order valence-corrected chi connectivity index (χ3v) is 5.22. The lowest BCUT2D eigenvalue weighted by molar-refractivity contribution is -0.145. The molecule has 1 N–H and O–H groups in total. The fraction of sp³-hybridized carbons (Fsp3) is 0.231. The van der Waals surface area contributed by atoms with Gasteiger partial charge in [-0.15, -0.1) is 0 Å². The van der Waals surface area contributed by atoms with Crippen LogP contribution >= 0.6 is 0 Å². The number of likely N-dealkylation sites (N-methyl/N-ethyl adjacent to an activating group) is 1. The molecule has 0 saturated heterocycles. The van der Waals surface area contributed by atoms with Gasteiger partial charge in [-0.1, -0.05) is 42.0 Å². The predicted octanol–water partition coefficient (Wildman–Crippen LogP) is 4.73. The lowest BCUT2D eigenvalue weighted by atomic mass is 10.1. The summed E-state index contributed by atoms with van der Waals surface area (Å²) >= 11 is 0. The Morgan fingerprint density at radius 1 is 1.03 bits per heavy atom.